The van der Waals surface area contributed by atoms with Crippen molar-refractivity contribution >= 4 is 23.1 Å². The fourth-order valence-electron chi connectivity index (χ4n) is 4.24. The number of ketones is 1. The average molecular weight is 494 g/mol. The summed E-state index contributed by atoms with van der Waals surface area (Å²) in [7, 11) is 0. The fourth-order valence-corrected chi connectivity index (χ4v) is 5.20. The molecular weight excluding hydrogens is 459 g/mol. The number of carbonyl (C=O) groups excluding carboxylic acids is 1. The van der Waals surface area contributed by atoms with Crippen LogP contribution in [0.2, 0.25) is 0 Å². The molecule has 3 nitrogen and oxygen atoms in total. The molecule has 34 heavy (non-hydrogen) atoms. The summed E-state index contributed by atoms with van der Waals surface area (Å²) < 4.78 is 38.0. The zero-order valence-corrected chi connectivity index (χ0v) is 21.4. The Kier molecular flexibility index (Phi) is 10.2. The van der Waals surface area contributed by atoms with Crippen LogP contribution >= 0.6 is 11.8 Å². The van der Waals surface area contributed by atoms with E-state index in [0.717, 1.165) is 47.4 Å². The number of carbonyl (C=O) groups is 1. The molecule has 0 radical (unpaired) electrons. The van der Waals surface area contributed by atoms with Gasteiger partial charge < -0.3 is 5.11 Å². The smallest absolute Gasteiger partial charge is 0.417 e. The maximum Gasteiger partial charge on any atom is 0.417 e. The van der Waals surface area contributed by atoms with Crippen molar-refractivity contribution in [1.82, 2.24) is 4.98 Å². The average Bonchev–Trinajstić information content (AvgIpc) is 2.80. The number of thioether (sulfide) groups is 1. The Balaban J connectivity index is 0.00000199. The number of aryl methyl sites for hydroxylation is 3. The number of alkyl halides is 3. The first kappa shape index (κ1) is 28.0. The SMILES string of the molecule is CC.CCc1cc(C)cc(CC)c1C1=C(O)CC(CCSc2ccc(C(F)(F)F)cn2)CC1=O. The third-order valence-electron chi connectivity index (χ3n) is 5.82. The highest BCUT2D eigenvalue weighted by atomic mass is 32.2. The van der Waals surface area contributed by atoms with Crippen LogP contribution in [0.25, 0.3) is 5.57 Å². The van der Waals surface area contributed by atoms with Gasteiger partial charge in [0.05, 0.1) is 16.2 Å². The number of benzene rings is 1. The Labute approximate surface area is 204 Å². The van der Waals surface area contributed by atoms with Gasteiger partial charge >= 0.3 is 6.18 Å². The lowest BCUT2D eigenvalue weighted by Gasteiger charge is -2.26. The first-order valence-corrected chi connectivity index (χ1v) is 12.9. The number of aliphatic hydroxyl groups is 1. The maximum absolute atomic E-state index is 13.1. The number of nitrogens with zero attached hydrogens (tertiary/aromatic N) is 1. The van der Waals surface area contributed by atoms with Crippen molar-refractivity contribution in [3.63, 3.8) is 0 Å². The van der Waals surface area contributed by atoms with Gasteiger partial charge in [-0.15, -0.1) is 11.8 Å². The molecule has 186 valence electrons. The summed E-state index contributed by atoms with van der Waals surface area (Å²) in [5, 5.41) is 11.3. The molecule has 1 unspecified atom stereocenters. The minimum Gasteiger partial charge on any atom is -0.512 e. The van der Waals surface area contributed by atoms with Crippen LogP contribution in [0.3, 0.4) is 0 Å². The van der Waals surface area contributed by atoms with Crippen LogP contribution < -0.4 is 0 Å². The van der Waals surface area contributed by atoms with Crippen LogP contribution in [-0.4, -0.2) is 21.6 Å². The summed E-state index contributed by atoms with van der Waals surface area (Å²) in [4.78, 5) is 16.9. The van der Waals surface area contributed by atoms with E-state index in [1.54, 1.807) is 0 Å². The third kappa shape index (κ3) is 6.87. The lowest BCUT2D eigenvalue weighted by atomic mass is 9.79. The van der Waals surface area contributed by atoms with Crippen molar-refractivity contribution < 1.29 is 23.1 Å². The van der Waals surface area contributed by atoms with Gasteiger partial charge in [-0.3, -0.25) is 4.79 Å². The summed E-state index contributed by atoms with van der Waals surface area (Å²) in [6.07, 6.45) is -0.518. The van der Waals surface area contributed by atoms with Crippen LogP contribution in [0.1, 0.15) is 74.8 Å². The molecule has 0 bridgehead atoms. The number of aromatic nitrogens is 1. The molecule has 3 rings (SSSR count). The van der Waals surface area contributed by atoms with Crippen LogP contribution in [0.15, 0.2) is 41.2 Å². The highest BCUT2D eigenvalue weighted by Crippen LogP contribution is 2.38. The van der Waals surface area contributed by atoms with E-state index in [1.807, 2.05) is 20.8 Å². The molecule has 0 spiro atoms. The summed E-state index contributed by atoms with van der Waals surface area (Å²) >= 11 is 1.36. The van der Waals surface area contributed by atoms with Crippen LogP contribution in [0.4, 0.5) is 13.2 Å². The number of pyridine rings is 1. The zero-order valence-electron chi connectivity index (χ0n) is 20.6. The molecular formula is C27H34F3NO2S. The van der Waals surface area contributed by atoms with E-state index in [0.29, 0.717) is 35.6 Å². The predicted molar refractivity (Wildman–Crippen MR) is 133 cm³/mol. The van der Waals surface area contributed by atoms with Gasteiger partial charge in [0.2, 0.25) is 0 Å². The molecule has 1 atom stereocenters. The van der Waals surface area contributed by atoms with E-state index in [-0.39, 0.29) is 17.5 Å². The summed E-state index contributed by atoms with van der Waals surface area (Å²) in [6.45, 7) is 10.1. The van der Waals surface area contributed by atoms with Crippen molar-refractivity contribution in [2.75, 3.05) is 5.75 Å². The minimum atomic E-state index is -4.40. The molecule has 0 saturated carbocycles. The molecule has 2 aromatic rings. The monoisotopic (exact) mass is 493 g/mol. The van der Waals surface area contributed by atoms with Gasteiger partial charge in [0.25, 0.3) is 0 Å². The van der Waals surface area contributed by atoms with Gasteiger partial charge in [-0.05, 0) is 66.7 Å². The number of hydrogen-bond acceptors (Lipinski definition) is 4. The Morgan fingerprint density at radius 2 is 1.71 bits per heavy atom. The van der Waals surface area contributed by atoms with E-state index in [4.69, 9.17) is 0 Å². The third-order valence-corrected chi connectivity index (χ3v) is 6.80. The quantitative estimate of drug-likeness (QED) is 0.397. The topological polar surface area (TPSA) is 50.2 Å². The zero-order chi connectivity index (χ0) is 25.5. The molecule has 0 saturated heterocycles. The second-order valence-corrected chi connectivity index (χ2v) is 9.32. The normalized spacial score (nSPS) is 16.4. The molecule has 0 fully saturated rings. The highest BCUT2D eigenvalue weighted by Gasteiger charge is 2.32. The van der Waals surface area contributed by atoms with Crippen molar-refractivity contribution in [2.45, 2.75) is 77.9 Å². The van der Waals surface area contributed by atoms with Gasteiger partial charge in [0.1, 0.15) is 5.76 Å². The molecule has 0 amide bonds. The van der Waals surface area contributed by atoms with Gasteiger partial charge in [-0.2, -0.15) is 13.2 Å². The summed E-state index contributed by atoms with van der Waals surface area (Å²) in [5.74, 6) is 0.736. The number of allylic oxidation sites excluding steroid dienone is 2. The number of rotatable bonds is 7. The van der Waals surface area contributed by atoms with Crippen LogP contribution in [0, 0.1) is 12.8 Å². The second-order valence-electron chi connectivity index (χ2n) is 8.20. The molecule has 1 aromatic heterocycles. The maximum atomic E-state index is 13.1. The van der Waals surface area contributed by atoms with Crippen LogP contribution in [-0.2, 0) is 23.8 Å². The van der Waals surface area contributed by atoms with Crippen molar-refractivity contribution in [3.05, 3.63) is 64.0 Å². The van der Waals surface area contributed by atoms with Gasteiger partial charge in [-0.1, -0.05) is 45.4 Å². The molecule has 1 aromatic carbocycles. The van der Waals surface area contributed by atoms with Gasteiger partial charge in [0.15, 0.2) is 5.78 Å². The Morgan fingerprint density at radius 1 is 1.09 bits per heavy atom. The van der Waals surface area contributed by atoms with E-state index in [9.17, 15) is 23.1 Å². The molecule has 7 heteroatoms. The number of halogens is 3. The van der Waals surface area contributed by atoms with Crippen molar-refractivity contribution in [2.24, 2.45) is 5.92 Å². The highest BCUT2D eigenvalue weighted by molar-refractivity contribution is 7.99. The molecule has 1 aliphatic carbocycles. The first-order valence-electron chi connectivity index (χ1n) is 11.9. The van der Waals surface area contributed by atoms with Crippen molar-refractivity contribution in [3.8, 4) is 0 Å². The number of aliphatic hydroxyl groups excluding tert-OH is 1. The summed E-state index contributed by atoms with van der Waals surface area (Å²) in [6, 6.07) is 6.56. The van der Waals surface area contributed by atoms with Gasteiger partial charge in [-0.25, -0.2) is 4.98 Å². The first-order chi connectivity index (χ1) is 16.1. The Morgan fingerprint density at radius 3 is 2.18 bits per heavy atom. The molecule has 1 heterocycles. The second kappa shape index (κ2) is 12.4. The van der Waals surface area contributed by atoms with E-state index in [1.165, 1.54) is 17.8 Å². The summed E-state index contributed by atoms with van der Waals surface area (Å²) in [5.41, 5.74) is 3.91. The molecule has 0 aliphatic heterocycles. The number of Topliss-reactive ketones (excluding diaryl/α,β-unsaturated/α-hetero) is 1. The predicted octanol–water partition coefficient (Wildman–Crippen LogP) is 7.99. The standard InChI is InChI=1S/C25H28F3NO2S.C2H6/c1-4-17-10-15(3)11-18(5-2)23(17)24-20(30)12-16(13-21(24)31)8-9-32-22-7-6-19(14-29-22)25(26,27)28;1-2/h6-7,10-11,14,16,30H,4-5,8-9,12-13H2,1-3H3;1-2H3. The van der Waals surface area contributed by atoms with E-state index < -0.39 is 11.7 Å². The van der Waals surface area contributed by atoms with Crippen LogP contribution in [0.5, 0.6) is 0 Å². The largest absolute Gasteiger partial charge is 0.512 e. The van der Waals surface area contributed by atoms with Gasteiger partial charge in [0, 0.05) is 19.0 Å². The number of hydrogen-bond donors (Lipinski definition) is 1. The molecule has 1 aliphatic rings. The fraction of sp³-hybridized carbons (Fsp3) is 0.481. The molecule has 1 N–H and O–H groups in total. The van der Waals surface area contributed by atoms with E-state index >= 15 is 0 Å². The van der Waals surface area contributed by atoms with Crippen molar-refractivity contribution in [1.29, 1.82) is 0 Å². The van der Waals surface area contributed by atoms with E-state index in [2.05, 4.69) is 31.0 Å². The Bertz CT molecular complexity index is 989. The lowest BCUT2D eigenvalue weighted by molar-refractivity contribution is -0.137. The lowest BCUT2D eigenvalue weighted by Crippen LogP contribution is -2.21. The minimum absolute atomic E-state index is 0.00815. The Hall–Kier alpha value is -2.28.